The lowest BCUT2D eigenvalue weighted by atomic mass is 10.2. The third kappa shape index (κ3) is 3.35. The number of benzene rings is 2. The van der Waals surface area contributed by atoms with E-state index in [2.05, 4.69) is 15.9 Å². The van der Waals surface area contributed by atoms with Crippen LogP contribution in [0.1, 0.15) is 5.56 Å². The molecule has 20 heavy (non-hydrogen) atoms. The molecule has 0 amide bonds. The van der Waals surface area contributed by atoms with Crippen molar-refractivity contribution >= 4 is 33.2 Å². The molecule has 2 rings (SSSR count). The Morgan fingerprint density at radius 2 is 2.00 bits per heavy atom. The van der Waals surface area contributed by atoms with Crippen LogP contribution in [0.2, 0.25) is 5.02 Å². The normalized spacial score (nSPS) is 10.4. The van der Waals surface area contributed by atoms with Crippen LogP contribution in [-0.4, -0.2) is 7.11 Å². The van der Waals surface area contributed by atoms with Crippen molar-refractivity contribution < 1.29 is 13.9 Å². The molecule has 0 aliphatic heterocycles. The van der Waals surface area contributed by atoms with Gasteiger partial charge in [0, 0.05) is 23.4 Å². The van der Waals surface area contributed by atoms with Crippen LogP contribution in [0.25, 0.3) is 0 Å². The van der Waals surface area contributed by atoms with E-state index in [-0.39, 0.29) is 11.6 Å². The largest absolute Gasteiger partial charge is 0.496 e. The molecule has 0 atom stereocenters. The third-order valence-corrected chi connectivity index (χ3v) is 3.58. The van der Waals surface area contributed by atoms with Gasteiger partial charge in [-0.05, 0) is 34.1 Å². The Kier molecular flexibility index (Phi) is 4.73. The maximum Gasteiger partial charge on any atom is 0.145 e. The highest BCUT2D eigenvalue weighted by molar-refractivity contribution is 9.10. The standard InChI is InChI=1S/C14H12BrClFNO2/c1-19-13-4-9(18)3-2-8(13)7-20-14-6-12(17)11(16)5-10(14)15/h2-6H,7,18H2,1H3. The van der Waals surface area contributed by atoms with Gasteiger partial charge >= 0.3 is 0 Å². The molecule has 0 spiro atoms. The second-order valence-electron chi connectivity index (χ2n) is 4.06. The van der Waals surface area contributed by atoms with Crippen molar-refractivity contribution in [3.05, 3.63) is 51.2 Å². The van der Waals surface area contributed by atoms with Gasteiger partial charge in [0.1, 0.15) is 23.9 Å². The van der Waals surface area contributed by atoms with Crippen LogP contribution in [0.3, 0.4) is 0 Å². The van der Waals surface area contributed by atoms with Crippen molar-refractivity contribution in [1.29, 1.82) is 0 Å². The van der Waals surface area contributed by atoms with Crippen LogP contribution < -0.4 is 15.2 Å². The zero-order valence-corrected chi connectivity index (χ0v) is 13.0. The van der Waals surface area contributed by atoms with Crippen LogP contribution in [0.5, 0.6) is 11.5 Å². The number of nitrogen functional groups attached to an aromatic ring is 1. The Labute approximate surface area is 129 Å². The lowest BCUT2D eigenvalue weighted by Gasteiger charge is -2.12. The molecule has 0 fully saturated rings. The highest BCUT2D eigenvalue weighted by Gasteiger charge is 2.10. The quantitative estimate of drug-likeness (QED) is 0.649. The van der Waals surface area contributed by atoms with Crippen molar-refractivity contribution in [2.24, 2.45) is 0 Å². The Hall–Kier alpha value is -1.46. The van der Waals surface area contributed by atoms with Crippen molar-refractivity contribution in [2.75, 3.05) is 12.8 Å². The van der Waals surface area contributed by atoms with Crippen molar-refractivity contribution in [2.45, 2.75) is 6.61 Å². The number of methoxy groups -OCH3 is 1. The number of hydrogen-bond acceptors (Lipinski definition) is 3. The number of hydrogen-bond donors (Lipinski definition) is 1. The summed E-state index contributed by atoms with van der Waals surface area (Å²) in [6.45, 7) is 0.225. The van der Waals surface area contributed by atoms with E-state index in [0.717, 1.165) is 5.56 Å². The first-order chi connectivity index (χ1) is 9.51. The van der Waals surface area contributed by atoms with Gasteiger partial charge in [-0.15, -0.1) is 0 Å². The SMILES string of the molecule is COc1cc(N)ccc1COc1cc(F)c(Cl)cc1Br. The molecule has 2 aromatic carbocycles. The van der Waals surface area contributed by atoms with Crippen LogP contribution in [-0.2, 0) is 6.61 Å². The van der Waals surface area contributed by atoms with Gasteiger partial charge in [0.25, 0.3) is 0 Å². The minimum Gasteiger partial charge on any atom is -0.496 e. The predicted molar refractivity (Wildman–Crippen MR) is 80.8 cm³/mol. The minimum atomic E-state index is -0.533. The fourth-order valence-corrected chi connectivity index (χ4v) is 2.40. The number of nitrogens with two attached hydrogens (primary N) is 1. The lowest BCUT2D eigenvalue weighted by molar-refractivity contribution is 0.293. The Bertz CT molecular complexity index is 637. The van der Waals surface area contributed by atoms with Gasteiger partial charge in [0.2, 0.25) is 0 Å². The average molecular weight is 361 g/mol. The van der Waals surface area contributed by atoms with E-state index < -0.39 is 5.82 Å². The summed E-state index contributed by atoms with van der Waals surface area (Å²) < 4.78 is 24.8. The Balaban J connectivity index is 2.19. The van der Waals surface area contributed by atoms with Crippen molar-refractivity contribution in [3.8, 4) is 11.5 Å². The van der Waals surface area contributed by atoms with E-state index >= 15 is 0 Å². The first kappa shape index (κ1) is 14.9. The summed E-state index contributed by atoms with van der Waals surface area (Å²) in [7, 11) is 1.55. The predicted octanol–water partition coefficient (Wildman–Crippen LogP) is 4.41. The molecule has 0 saturated carbocycles. The molecule has 6 heteroatoms. The summed E-state index contributed by atoms with van der Waals surface area (Å²) in [4.78, 5) is 0. The van der Waals surface area contributed by atoms with Crippen LogP contribution in [0.4, 0.5) is 10.1 Å². The summed E-state index contributed by atoms with van der Waals surface area (Å²) in [5, 5.41) is 0.0364. The molecule has 0 unspecified atom stereocenters. The van der Waals surface area contributed by atoms with Gasteiger partial charge in [-0.3, -0.25) is 0 Å². The van der Waals surface area contributed by atoms with E-state index in [1.54, 1.807) is 25.3 Å². The van der Waals surface area contributed by atoms with Crippen LogP contribution in [0.15, 0.2) is 34.8 Å². The maximum atomic E-state index is 13.4. The van der Waals surface area contributed by atoms with E-state index in [4.69, 9.17) is 26.8 Å². The molecule has 0 aliphatic rings. The van der Waals surface area contributed by atoms with Gasteiger partial charge < -0.3 is 15.2 Å². The van der Waals surface area contributed by atoms with E-state index in [1.807, 2.05) is 0 Å². The third-order valence-electron chi connectivity index (χ3n) is 2.67. The van der Waals surface area contributed by atoms with Crippen LogP contribution >= 0.6 is 27.5 Å². The molecule has 2 N–H and O–H groups in total. The average Bonchev–Trinajstić information content (AvgIpc) is 2.42. The smallest absolute Gasteiger partial charge is 0.145 e. The summed E-state index contributed by atoms with van der Waals surface area (Å²) in [6, 6.07) is 7.94. The Morgan fingerprint density at radius 3 is 2.70 bits per heavy atom. The molecule has 2 aromatic rings. The number of rotatable bonds is 4. The number of ether oxygens (including phenoxy) is 2. The lowest BCUT2D eigenvalue weighted by Crippen LogP contribution is -2.00. The summed E-state index contributed by atoms with van der Waals surface area (Å²) in [5.41, 5.74) is 7.09. The summed E-state index contributed by atoms with van der Waals surface area (Å²) in [6.07, 6.45) is 0. The molecular weight excluding hydrogens is 349 g/mol. The molecule has 0 aromatic heterocycles. The van der Waals surface area contributed by atoms with Gasteiger partial charge in [-0.1, -0.05) is 11.6 Å². The maximum absolute atomic E-state index is 13.4. The molecule has 0 aliphatic carbocycles. The van der Waals surface area contributed by atoms with Crippen LogP contribution in [0, 0.1) is 5.82 Å². The summed E-state index contributed by atoms with van der Waals surface area (Å²) >= 11 is 8.95. The van der Waals surface area contributed by atoms with Crippen molar-refractivity contribution in [3.63, 3.8) is 0 Å². The second kappa shape index (κ2) is 6.33. The second-order valence-corrected chi connectivity index (χ2v) is 5.32. The highest BCUT2D eigenvalue weighted by Crippen LogP contribution is 2.32. The van der Waals surface area contributed by atoms with Gasteiger partial charge in [-0.25, -0.2) is 4.39 Å². The first-order valence-electron chi connectivity index (χ1n) is 5.71. The summed E-state index contributed by atoms with van der Waals surface area (Å²) in [5.74, 6) is 0.454. The van der Waals surface area contributed by atoms with E-state index in [0.29, 0.717) is 21.7 Å². The van der Waals surface area contributed by atoms with Gasteiger partial charge in [0.05, 0.1) is 16.6 Å². The fraction of sp³-hybridized carbons (Fsp3) is 0.143. The van der Waals surface area contributed by atoms with E-state index in [9.17, 15) is 4.39 Å². The number of anilines is 1. The molecule has 0 bridgehead atoms. The zero-order chi connectivity index (χ0) is 14.7. The van der Waals surface area contributed by atoms with E-state index in [1.165, 1.54) is 12.1 Å². The topological polar surface area (TPSA) is 44.5 Å². The Morgan fingerprint density at radius 1 is 1.25 bits per heavy atom. The molecule has 106 valence electrons. The molecular formula is C14H12BrClFNO2. The monoisotopic (exact) mass is 359 g/mol. The number of halogens is 3. The van der Waals surface area contributed by atoms with Gasteiger partial charge in [0.15, 0.2) is 0 Å². The molecule has 0 radical (unpaired) electrons. The molecule has 0 heterocycles. The first-order valence-corrected chi connectivity index (χ1v) is 6.88. The molecule has 0 saturated heterocycles. The van der Waals surface area contributed by atoms with Crippen molar-refractivity contribution in [1.82, 2.24) is 0 Å². The highest BCUT2D eigenvalue weighted by atomic mass is 79.9. The minimum absolute atomic E-state index is 0.0364. The molecule has 3 nitrogen and oxygen atoms in total. The van der Waals surface area contributed by atoms with Gasteiger partial charge in [-0.2, -0.15) is 0 Å². The fourth-order valence-electron chi connectivity index (χ4n) is 1.65. The zero-order valence-electron chi connectivity index (χ0n) is 10.6.